The average Bonchev–Trinajstić information content (AvgIpc) is 2.79. The number of hydrogen-bond donors (Lipinski definition) is 1. The molecule has 0 aliphatic rings. The SMILES string of the molecule is CC(C)C(=O)N(Cc1ccc(F)cc1)[C@@H](C(=O)NCc1ccc(Cl)cc1)c1ccccc1. The Morgan fingerprint density at radius 3 is 2.09 bits per heavy atom. The van der Waals surface area contributed by atoms with Crippen LogP contribution in [0.1, 0.15) is 36.6 Å². The third-order valence-corrected chi connectivity index (χ3v) is 5.35. The molecule has 0 aromatic heterocycles. The summed E-state index contributed by atoms with van der Waals surface area (Å²) >= 11 is 5.94. The lowest BCUT2D eigenvalue weighted by atomic mass is 10.0. The summed E-state index contributed by atoms with van der Waals surface area (Å²) in [7, 11) is 0. The zero-order valence-electron chi connectivity index (χ0n) is 18.1. The van der Waals surface area contributed by atoms with Crippen LogP contribution in [-0.4, -0.2) is 16.7 Å². The summed E-state index contributed by atoms with van der Waals surface area (Å²) in [5, 5.41) is 3.57. The second kappa shape index (κ2) is 10.9. The molecule has 3 rings (SSSR count). The molecule has 0 aliphatic heterocycles. The Labute approximate surface area is 193 Å². The van der Waals surface area contributed by atoms with Gasteiger partial charge in [0.15, 0.2) is 0 Å². The van der Waals surface area contributed by atoms with Gasteiger partial charge in [-0.05, 0) is 41.0 Å². The fourth-order valence-corrected chi connectivity index (χ4v) is 3.54. The molecule has 1 N–H and O–H groups in total. The first-order chi connectivity index (χ1) is 15.3. The standard InChI is InChI=1S/C26H26ClFN2O2/c1-18(2)26(32)30(17-20-10-14-23(28)15-11-20)24(21-6-4-3-5-7-21)25(31)29-16-19-8-12-22(27)13-9-19/h3-15,18,24H,16-17H2,1-2H3,(H,29,31)/t24-/m1/s1. The fraction of sp³-hybridized carbons (Fsp3) is 0.231. The van der Waals surface area contributed by atoms with E-state index in [1.807, 2.05) is 42.5 Å². The summed E-state index contributed by atoms with van der Waals surface area (Å²) in [5.74, 6) is -1.12. The molecule has 0 fully saturated rings. The van der Waals surface area contributed by atoms with Crippen LogP contribution in [0.25, 0.3) is 0 Å². The number of amides is 2. The fourth-order valence-electron chi connectivity index (χ4n) is 3.41. The van der Waals surface area contributed by atoms with Gasteiger partial charge in [0.25, 0.3) is 0 Å². The zero-order chi connectivity index (χ0) is 23.1. The third-order valence-electron chi connectivity index (χ3n) is 5.10. The largest absolute Gasteiger partial charge is 0.350 e. The van der Waals surface area contributed by atoms with Crippen molar-refractivity contribution in [3.63, 3.8) is 0 Å². The van der Waals surface area contributed by atoms with Gasteiger partial charge >= 0.3 is 0 Å². The summed E-state index contributed by atoms with van der Waals surface area (Å²) < 4.78 is 13.4. The number of halogens is 2. The molecule has 4 nitrogen and oxygen atoms in total. The number of carbonyl (C=O) groups excluding carboxylic acids is 2. The van der Waals surface area contributed by atoms with Crippen molar-refractivity contribution in [2.24, 2.45) is 5.92 Å². The van der Waals surface area contributed by atoms with Gasteiger partial charge in [0.1, 0.15) is 11.9 Å². The Bertz CT molecular complexity index is 1040. The van der Waals surface area contributed by atoms with E-state index < -0.39 is 6.04 Å². The van der Waals surface area contributed by atoms with Crippen LogP contribution in [0.4, 0.5) is 4.39 Å². The molecule has 0 saturated carbocycles. The summed E-state index contributed by atoms with van der Waals surface area (Å²) in [6.45, 7) is 4.09. The first-order valence-corrected chi connectivity index (χ1v) is 10.8. The van der Waals surface area contributed by atoms with Crippen LogP contribution >= 0.6 is 11.6 Å². The molecule has 0 unspecified atom stereocenters. The highest BCUT2D eigenvalue weighted by atomic mass is 35.5. The minimum absolute atomic E-state index is 0.162. The number of hydrogen-bond acceptors (Lipinski definition) is 2. The number of rotatable bonds is 8. The van der Waals surface area contributed by atoms with E-state index in [1.54, 1.807) is 43.0 Å². The van der Waals surface area contributed by atoms with Crippen molar-refractivity contribution in [2.45, 2.75) is 33.0 Å². The maximum atomic E-state index is 13.4. The van der Waals surface area contributed by atoms with Crippen molar-refractivity contribution in [3.05, 3.63) is 106 Å². The summed E-state index contributed by atoms with van der Waals surface area (Å²) in [6.07, 6.45) is 0. The average molecular weight is 453 g/mol. The lowest BCUT2D eigenvalue weighted by Crippen LogP contribution is -2.44. The minimum Gasteiger partial charge on any atom is -0.350 e. The van der Waals surface area contributed by atoms with E-state index in [0.29, 0.717) is 17.1 Å². The first-order valence-electron chi connectivity index (χ1n) is 10.5. The van der Waals surface area contributed by atoms with Crippen LogP contribution in [-0.2, 0) is 22.7 Å². The molecule has 3 aromatic carbocycles. The molecule has 166 valence electrons. The van der Waals surface area contributed by atoms with Gasteiger partial charge in [-0.3, -0.25) is 9.59 Å². The molecule has 3 aromatic rings. The van der Waals surface area contributed by atoms with Crippen molar-refractivity contribution in [1.29, 1.82) is 0 Å². The van der Waals surface area contributed by atoms with Crippen molar-refractivity contribution in [2.75, 3.05) is 0 Å². The van der Waals surface area contributed by atoms with Gasteiger partial charge in [0.2, 0.25) is 11.8 Å². The number of nitrogens with one attached hydrogen (secondary N) is 1. The van der Waals surface area contributed by atoms with Gasteiger partial charge in [-0.15, -0.1) is 0 Å². The smallest absolute Gasteiger partial charge is 0.247 e. The number of benzene rings is 3. The van der Waals surface area contributed by atoms with Gasteiger partial charge in [0.05, 0.1) is 0 Å². The predicted octanol–water partition coefficient (Wildman–Crippen LogP) is 5.52. The molecular formula is C26H26ClFN2O2. The van der Waals surface area contributed by atoms with Crippen molar-refractivity contribution < 1.29 is 14.0 Å². The molecular weight excluding hydrogens is 427 g/mol. The van der Waals surface area contributed by atoms with E-state index in [1.165, 1.54) is 12.1 Å². The van der Waals surface area contributed by atoms with Gasteiger partial charge in [-0.1, -0.05) is 80.0 Å². The van der Waals surface area contributed by atoms with Crippen molar-refractivity contribution >= 4 is 23.4 Å². The lowest BCUT2D eigenvalue weighted by molar-refractivity contribution is -0.144. The van der Waals surface area contributed by atoms with E-state index in [-0.39, 0.29) is 30.1 Å². The maximum Gasteiger partial charge on any atom is 0.247 e. The van der Waals surface area contributed by atoms with E-state index in [4.69, 9.17) is 11.6 Å². The Hall–Kier alpha value is -3.18. The van der Waals surface area contributed by atoms with Crippen LogP contribution in [0.3, 0.4) is 0 Å². The molecule has 0 bridgehead atoms. The highest BCUT2D eigenvalue weighted by molar-refractivity contribution is 6.30. The van der Waals surface area contributed by atoms with E-state index in [9.17, 15) is 14.0 Å². The summed E-state index contributed by atoms with van der Waals surface area (Å²) in [5.41, 5.74) is 2.35. The molecule has 2 amide bonds. The maximum absolute atomic E-state index is 13.4. The minimum atomic E-state index is -0.830. The van der Waals surface area contributed by atoms with E-state index in [2.05, 4.69) is 5.32 Å². The topological polar surface area (TPSA) is 49.4 Å². The summed E-state index contributed by atoms with van der Waals surface area (Å²) in [4.78, 5) is 28.2. The molecule has 0 heterocycles. The normalized spacial score (nSPS) is 11.8. The van der Waals surface area contributed by atoms with E-state index in [0.717, 1.165) is 11.1 Å². The molecule has 0 radical (unpaired) electrons. The molecule has 1 atom stereocenters. The molecule has 6 heteroatoms. The summed E-state index contributed by atoms with van der Waals surface area (Å²) in [6, 6.07) is 21.5. The molecule has 0 spiro atoms. The van der Waals surface area contributed by atoms with Gasteiger partial charge < -0.3 is 10.2 Å². The predicted molar refractivity (Wildman–Crippen MR) is 124 cm³/mol. The molecule has 0 aliphatic carbocycles. The van der Waals surface area contributed by atoms with Crippen LogP contribution in [0.2, 0.25) is 5.02 Å². The van der Waals surface area contributed by atoms with Crippen molar-refractivity contribution in [3.8, 4) is 0 Å². The van der Waals surface area contributed by atoms with Crippen molar-refractivity contribution in [1.82, 2.24) is 10.2 Å². The van der Waals surface area contributed by atoms with Gasteiger partial charge in [0, 0.05) is 24.0 Å². The highest BCUT2D eigenvalue weighted by Crippen LogP contribution is 2.26. The third kappa shape index (κ3) is 6.17. The van der Waals surface area contributed by atoms with Crippen LogP contribution in [0, 0.1) is 11.7 Å². The Morgan fingerprint density at radius 2 is 1.50 bits per heavy atom. The zero-order valence-corrected chi connectivity index (χ0v) is 18.9. The van der Waals surface area contributed by atoms with Gasteiger partial charge in [-0.25, -0.2) is 4.39 Å². The lowest BCUT2D eigenvalue weighted by Gasteiger charge is -2.33. The quantitative estimate of drug-likeness (QED) is 0.489. The van der Waals surface area contributed by atoms with Crippen LogP contribution < -0.4 is 5.32 Å². The number of carbonyl (C=O) groups is 2. The second-order valence-electron chi connectivity index (χ2n) is 7.90. The van der Waals surface area contributed by atoms with E-state index >= 15 is 0 Å². The monoisotopic (exact) mass is 452 g/mol. The van der Waals surface area contributed by atoms with Crippen LogP contribution in [0.15, 0.2) is 78.9 Å². The first kappa shape index (κ1) is 23.5. The Balaban J connectivity index is 1.92. The van der Waals surface area contributed by atoms with Crippen LogP contribution in [0.5, 0.6) is 0 Å². The highest BCUT2D eigenvalue weighted by Gasteiger charge is 2.32. The second-order valence-corrected chi connectivity index (χ2v) is 8.34. The molecule has 32 heavy (non-hydrogen) atoms. The number of nitrogens with zero attached hydrogens (tertiary/aromatic N) is 1. The van der Waals surface area contributed by atoms with Gasteiger partial charge in [-0.2, -0.15) is 0 Å². The Morgan fingerprint density at radius 1 is 0.906 bits per heavy atom. The Kier molecular flexibility index (Phi) is 8.01. The molecule has 0 saturated heterocycles.